The first-order chi connectivity index (χ1) is 13.6. The SMILES string of the molecule is CCCCNC(=O)c1cccc(C(=O)N2CCN(c3cccc(Cl)c3)CC2)c1. The molecule has 0 aromatic heterocycles. The molecule has 1 N–H and O–H groups in total. The Morgan fingerprint density at radius 2 is 1.71 bits per heavy atom. The van der Waals surface area contributed by atoms with Crippen molar-refractivity contribution in [1.29, 1.82) is 0 Å². The minimum absolute atomic E-state index is 0.0334. The van der Waals surface area contributed by atoms with Crippen LogP contribution in [-0.2, 0) is 0 Å². The van der Waals surface area contributed by atoms with Gasteiger partial charge in [0.05, 0.1) is 0 Å². The van der Waals surface area contributed by atoms with Gasteiger partial charge in [0.15, 0.2) is 0 Å². The molecule has 0 bridgehead atoms. The Hall–Kier alpha value is -2.53. The first kappa shape index (κ1) is 20.2. The minimum atomic E-state index is -0.131. The molecular formula is C22H26ClN3O2. The van der Waals surface area contributed by atoms with Crippen LogP contribution < -0.4 is 10.2 Å². The van der Waals surface area contributed by atoms with Gasteiger partial charge in [-0.15, -0.1) is 0 Å². The van der Waals surface area contributed by atoms with Gasteiger partial charge in [-0.25, -0.2) is 0 Å². The van der Waals surface area contributed by atoms with Crippen LogP contribution in [0.2, 0.25) is 5.02 Å². The molecule has 0 radical (unpaired) electrons. The van der Waals surface area contributed by atoms with Crippen molar-refractivity contribution < 1.29 is 9.59 Å². The number of piperazine rings is 1. The zero-order valence-electron chi connectivity index (χ0n) is 16.2. The summed E-state index contributed by atoms with van der Waals surface area (Å²) in [5.41, 5.74) is 2.16. The summed E-state index contributed by atoms with van der Waals surface area (Å²) in [6.07, 6.45) is 1.97. The molecule has 3 rings (SSSR count). The second kappa shape index (κ2) is 9.60. The molecule has 2 aromatic rings. The Balaban J connectivity index is 1.60. The molecule has 28 heavy (non-hydrogen) atoms. The Labute approximate surface area is 171 Å². The van der Waals surface area contributed by atoms with Crippen LogP contribution in [0, 0.1) is 0 Å². The molecule has 0 spiro atoms. The standard InChI is InChI=1S/C22H26ClN3O2/c1-2-3-10-24-21(27)17-6-4-7-18(15-17)22(28)26-13-11-25(12-14-26)20-9-5-8-19(23)16-20/h4-9,15-16H,2-3,10-14H2,1H3,(H,24,27). The lowest BCUT2D eigenvalue weighted by Crippen LogP contribution is -2.48. The predicted octanol–water partition coefficient (Wildman–Crippen LogP) is 3.83. The summed E-state index contributed by atoms with van der Waals surface area (Å²) in [5, 5.41) is 3.61. The molecule has 5 nitrogen and oxygen atoms in total. The third kappa shape index (κ3) is 5.04. The van der Waals surface area contributed by atoms with Gasteiger partial charge < -0.3 is 15.1 Å². The Morgan fingerprint density at radius 1 is 1.00 bits per heavy atom. The molecule has 0 unspecified atom stereocenters. The molecule has 0 atom stereocenters. The summed E-state index contributed by atoms with van der Waals surface area (Å²) in [7, 11) is 0. The molecular weight excluding hydrogens is 374 g/mol. The average Bonchev–Trinajstić information content (AvgIpc) is 2.73. The first-order valence-electron chi connectivity index (χ1n) is 9.76. The molecule has 2 aromatic carbocycles. The van der Waals surface area contributed by atoms with Crippen LogP contribution >= 0.6 is 11.6 Å². The van der Waals surface area contributed by atoms with Crippen LogP contribution in [0.4, 0.5) is 5.69 Å². The summed E-state index contributed by atoms with van der Waals surface area (Å²) >= 11 is 6.08. The fourth-order valence-corrected chi connectivity index (χ4v) is 3.48. The van der Waals surface area contributed by atoms with E-state index < -0.39 is 0 Å². The number of anilines is 1. The summed E-state index contributed by atoms with van der Waals surface area (Å²) in [4.78, 5) is 29.2. The zero-order valence-corrected chi connectivity index (χ0v) is 16.9. The summed E-state index contributed by atoms with van der Waals surface area (Å²) in [6, 6.07) is 14.7. The fraction of sp³-hybridized carbons (Fsp3) is 0.364. The van der Waals surface area contributed by atoms with Gasteiger partial charge in [0.25, 0.3) is 11.8 Å². The lowest BCUT2D eigenvalue weighted by molar-refractivity contribution is 0.0747. The van der Waals surface area contributed by atoms with E-state index in [2.05, 4.69) is 17.1 Å². The van der Waals surface area contributed by atoms with E-state index in [0.29, 0.717) is 35.8 Å². The van der Waals surface area contributed by atoms with Crippen LogP contribution in [0.15, 0.2) is 48.5 Å². The highest BCUT2D eigenvalue weighted by Crippen LogP contribution is 2.21. The first-order valence-corrected chi connectivity index (χ1v) is 10.1. The van der Waals surface area contributed by atoms with Crippen molar-refractivity contribution in [2.45, 2.75) is 19.8 Å². The van der Waals surface area contributed by atoms with Crippen LogP contribution in [0.1, 0.15) is 40.5 Å². The van der Waals surface area contributed by atoms with E-state index in [9.17, 15) is 9.59 Å². The van der Waals surface area contributed by atoms with E-state index in [1.54, 1.807) is 24.3 Å². The van der Waals surface area contributed by atoms with Gasteiger partial charge >= 0.3 is 0 Å². The zero-order chi connectivity index (χ0) is 19.9. The number of nitrogens with one attached hydrogen (secondary N) is 1. The molecule has 1 aliphatic heterocycles. The van der Waals surface area contributed by atoms with E-state index in [-0.39, 0.29) is 11.8 Å². The Morgan fingerprint density at radius 3 is 2.43 bits per heavy atom. The van der Waals surface area contributed by atoms with E-state index in [1.165, 1.54) is 0 Å². The lowest BCUT2D eigenvalue weighted by Gasteiger charge is -2.36. The monoisotopic (exact) mass is 399 g/mol. The average molecular weight is 400 g/mol. The molecule has 1 heterocycles. The number of rotatable bonds is 6. The molecule has 1 fully saturated rings. The molecule has 1 aliphatic rings. The Kier molecular flexibility index (Phi) is 6.93. The van der Waals surface area contributed by atoms with Crippen LogP contribution in [0.3, 0.4) is 0 Å². The summed E-state index contributed by atoms with van der Waals surface area (Å²) in [5.74, 6) is -0.164. The summed E-state index contributed by atoms with van der Waals surface area (Å²) in [6.45, 7) is 5.51. The van der Waals surface area contributed by atoms with Gasteiger partial charge in [0.2, 0.25) is 0 Å². The lowest BCUT2D eigenvalue weighted by atomic mass is 10.1. The number of nitrogens with zero attached hydrogens (tertiary/aromatic N) is 2. The van der Waals surface area contributed by atoms with Crippen LogP contribution in [-0.4, -0.2) is 49.4 Å². The highest BCUT2D eigenvalue weighted by atomic mass is 35.5. The van der Waals surface area contributed by atoms with E-state index in [0.717, 1.165) is 31.6 Å². The molecule has 1 saturated heterocycles. The van der Waals surface area contributed by atoms with Gasteiger partial charge in [-0.05, 0) is 42.8 Å². The maximum atomic E-state index is 12.9. The molecule has 0 saturated carbocycles. The number of hydrogen-bond acceptors (Lipinski definition) is 3. The molecule has 6 heteroatoms. The second-order valence-corrected chi connectivity index (χ2v) is 7.39. The van der Waals surface area contributed by atoms with Crippen molar-refractivity contribution >= 4 is 29.1 Å². The van der Waals surface area contributed by atoms with Crippen molar-refractivity contribution in [2.24, 2.45) is 0 Å². The number of amides is 2. The maximum absolute atomic E-state index is 12.9. The Bertz CT molecular complexity index is 832. The van der Waals surface area contributed by atoms with Crippen molar-refractivity contribution in [3.63, 3.8) is 0 Å². The molecule has 148 valence electrons. The highest BCUT2D eigenvalue weighted by molar-refractivity contribution is 6.30. The van der Waals surface area contributed by atoms with Crippen molar-refractivity contribution in [2.75, 3.05) is 37.6 Å². The van der Waals surface area contributed by atoms with Crippen molar-refractivity contribution in [3.05, 3.63) is 64.7 Å². The minimum Gasteiger partial charge on any atom is -0.368 e. The van der Waals surface area contributed by atoms with Gasteiger partial charge in [-0.2, -0.15) is 0 Å². The smallest absolute Gasteiger partial charge is 0.253 e. The third-order valence-corrected chi connectivity index (χ3v) is 5.16. The largest absolute Gasteiger partial charge is 0.368 e. The number of carbonyl (C=O) groups excluding carboxylic acids is 2. The van der Waals surface area contributed by atoms with Gasteiger partial charge in [-0.3, -0.25) is 9.59 Å². The number of benzene rings is 2. The number of carbonyl (C=O) groups is 2. The van der Waals surface area contributed by atoms with E-state index in [4.69, 9.17) is 11.6 Å². The third-order valence-electron chi connectivity index (χ3n) is 4.93. The second-order valence-electron chi connectivity index (χ2n) is 6.95. The van der Waals surface area contributed by atoms with Gasteiger partial charge in [-0.1, -0.05) is 37.1 Å². The van der Waals surface area contributed by atoms with Crippen LogP contribution in [0.25, 0.3) is 0 Å². The highest BCUT2D eigenvalue weighted by Gasteiger charge is 2.23. The van der Waals surface area contributed by atoms with Crippen LogP contribution in [0.5, 0.6) is 0 Å². The number of hydrogen-bond donors (Lipinski definition) is 1. The maximum Gasteiger partial charge on any atom is 0.253 e. The topological polar surface area (TPSA) is 52.7 Å². The van der Waals surface area contributed by atoms with E-state index in [1.807, 2.05) is 29.2 Å². The normalized spacial score (nSPS) is 14.1. The van der Waals surface area contributed by atoms with E-state index >= 15 is 0 Å². The van der Waals surface area contributed by atoms with Crippen molar-refractivity contribution in [1.82, 2.24) is 10.2 Å². The molecule has 2 amide bonds. The quantitative estimate of drug-likeness (QED) is 0.751. The number of halogens is 1. The number of unbranched alkanes of at least 4 members (excludes halogenated alkanes) is 1. The summed E-state index contributed by atoms with van der Waals surface area (Å²) < 4.78 is 0. The molecule has 0 aliphatic carbocycles. The fourth-order valence-electron chi connectivity index (χ4n) is 3.30. The van der Waals surface area contributed by atoms with Gasteiger partial charge in [0, 0.05) is 54.6 Å². The predicted molar refractivity (Wildman–Crippen MR) is 113 cm³/mol. The van der Waals surface area contributed by atoms with Gasteiger partial charge in [0.1, 0.15) is 0 Å². The van der Waals surface area contributed by atoms with Crippen molar-refractivity contribution in [3.8, 4) is 0 Å².